The molecule has 1 aliphatic heterocycles. The zero-order valence-electron chi connectivity index (χ0n) is 10.7. The third-order valence-electron chi connectivity index (χ3n) is 3.07. The molecule has 0 atom stereocenters. The van der Waals surface area contributed by atoms with Crippen LogP contribution in [0, 0.1) is 0 Å². The third-order valence-corrected chi connectivity index (χ3v) is 3.07. The Morgan fingerprint density at radius 3 is 2.94 bits per heavy atom. The molecule has 0 aromatic carbocycles. The standard InChI is InChI=1S/C12H21N5/c1-13-8-11-9-14-10-12(15-11)17-5-3-4-16(2)6-7-17/h9-10,13H,3-8H2,1-2H3. The maximum atomic E-state index is 4.64. The molecule has 1 aromatic rings. The van der Waals surface area contributed by atoms with Gasteiger partial charge < -0.3 is 15.1 Å². The summed E-state index contributed by atoms with van der Waals surface area (Å²) in [5.74, 6) is 1.01. The van der Waals surface area contributed by atoms with Gasteiger partial charge in [0.2, 0.25) is 0 Å². The van der Waals surface area contributed by atoms with E-state index in [1.165, 1.54) is 13.0 Å². The zero-order valence-corrected chi connectivity index (χ0v) is 10.7. The van der Waals surface area contributed by atoms with E-state index in [4.69, 9.17) is 0 Å². The van der Waals surface area contributed by atoms with Gasteiger partial charge in [-0.1, -0.05) is 0 Å². The molecule has 2 heterocycles. The minimum Gasteiger partial charge on any atom is -0.354 e. The van der Waals surface area contributed by atoms with Gasteiger partial charge in [-0.15, -0.1) is 0 Å². The summed E-state index contributed by atoms with van der Waals surface area (Å²) in [5.41, 5.74) is 1.00. The summed E-state index contributed by atoms with van der Waals surface area (Å²) >= 11 is 0. The van der Waals surface area contributed by atoms with Crippen molar-refractivity contribution in [3.63, 3.8) is 0 Å². The van der Waals surface area contributed by atoms with Crippen LogP contribution in [0.4, 0.5) is 5.82 Å². The van der Waals surface area contributed by atoms with Crippen molar-refractivity contribution in [3.8, 4) is 0 Å². The van der Waals surface area contributed by atoms with Crippen LogP contribution in [0.25, 0.3) is 0 Å². The van der Waals surface area contributed by atoms with E-state index >= 15 is 0 Å². The molecule has 0 radical (unpaired) electrons. The minimum atomic E-state index is 0.772. The first kappa shape index (κ1) is 12.3. The van der Waals surface area contributed by atoms with Crippen molar-refractivity contribution >= 4 is 5.82 Å². The summed E-state index contributed by atoms with van der Waals surface area (Å²) in [4.78, 5) is 13.6. The molecule has 2 rings (SSSR count). The van der Waals surface area contributed by atoms with Gasteiger partial charge in [0.15, 0.2) is 0 Å². The predicted molar refractivity (Wildman–Crippen MR) is 69.1 cm³/mol. The van der Waals surface area contributed by atoms with Crippen LogP contribution in [-0.4, -0.2) is 55.1 Å². The number of likely N-dealkylation sites (N-methyl/N-ethyl adjacent to an activating group) is 1. The van der Waals surface area contributed by atoms with E-state index in [1.54, 1.807) is 0 Å². The maximum Gasteiger partial charge on any atom is 0.147 e. The Labute approximate surface area is 103 Å². The van der Waals surface area contributed by atoms with Crippen molar-refractivity contribution < 1.29 is 0 Å². The highest BCUT2D eigenvalue weighted by molar-refractivity contribution is 5.36. The number of anilines is 1. The first-order valence-corrected chi connectivity index (χ1v) is 6.18. The number of nitrogens with zero attached hydrogens (tertiary/aromatic N) is 4. The van der Waals surface area contributed by atoms with Crippen LogP contribution in [0.2, 0.25) is 0 Å². The van der Waals surface area contributed by atoms with Crippen LogP contribution in [0.5, 0.6) is 0 Å². The fourth-order valence-corrected chi connectivity index (χ4v) is 2.09. The molecule has 0 saturated carbocycles. The molecule has 17 heavy (non-hydrogen) atoms. The molecule has 1 aromatic heterocycles. The number of hydrogen-bond acceptors (Lipinski definition) is 5. The van der Waals surface area contributed by atoms with Gasteiger partial charge in [0, 0.05) is 32.4 Å². The fourth-order valence-electron chi connectivity index (χ4n) is 2.09. The van der Waals surface area contributed by atoms with Gasteiger partial charge in [-0.2, -0.15) is 0 Å². The summed E-state index contributed by atoms with van der Waals surface area (Å²) in [7, 11) is 4.10. The summed E-state index contributed by atoms with van der Waals surface area (Å²) in [6.07, 6.45) is 4.88. The van der Waals surface area contributed by atoms with E-state index in [9.17, 15) is 0 Å². The Morgan fingerprint density at radius 2 is 2.12 bits per heavy atom. The van der Waals surface area contributed by atoms with E-state index in [2.05, 4.69) is 32.1 Å². The lowest BCUT2D eigenvalue weighted by Crippen LogP contribution is -2.29. The van der Waals surface area contributed by atoms with E-state index in [1.807, 2.05) is 19.4 Å². The van der Waals surface area contributed by atoms with Gasteiger partial charge in [-0.25, -0.2) is 4.98 Å². The summed E-state index contributed by atoms with van der Waals surface area (Å²) in [6.45, 7) is 5.14. The molecule has 1 N–H and O–H groups in total. The van der Waals surface area contributed by atoms with Crippen molar-refractivity contribution in [2.75, 3.05) is 45.2 Å². The molecule has 0 bridgehead atoms. The molecule has 0 spiro atoms. The van der Waals surface area contributed by atoms with Crippen LogP contribution in [0.3, 0.4) is 0 Å². The van der Waals surface area contributed by atoms with Crippen LogP contribution >= 0.6 is 0 Å². The Kier molecular flexibility index (Phi) is 4.28. The van der Waals surface area contributed by atoms with Crippen molar-refractivity contribution in [2.45, 2.75) is 13.0 Å². The Hall–Kier alpha value is -1.20. The topological polar surface area (TPSA) is 44.3 Å². The lowest BCUT2D eigenvalue weighted by molar-refractivity contribution is 0.360. The van der Waals surface area contributed by atoms with Crippen LogP contribution in [0.1, 0.15) is 12.1 Å². The average molecular weight is 235 g/mol. The molecule has 5 heteroatoms. The van der Waals surface area contributed by atoms with Gasteiger partial charge in [-0.3, -0.25) is 4.98 Å². The van der Waals surface area contributed by atoms with Crippen LogP contribution in [0.15, 0.2) is 12.4 Å². The normalized spacial score (nSPS) is 18.1. The van der Waals surface area contributed by atoms with Crippen molar-refractivity contribution in [3.05, 3.63) is 18.1 Å². The first-order chi connectivity index (χ1) is 8.29. The number of hydrogen-bond donors (Lipinski definition) is 1. The third kappa shape index (κ3) is 3.38. The molecule has 1 saturated heterocycles. The Bertz CT molecular complexity index is 355. The second-order valence-corrected chi connectivity index (χ2v) is 4.54. The van der Waals surface area contributed by atoms with Gasteiger partial charge in [0.1, 0.15) is 5.82 Å². The van der Waals surface area contributed by atoms with Gasteiger partial charge in [0.05, 0.1) is 11.9 Å². The number of rotatable bonds is 3. The molecule has 0 unspecified atom stereocenters. The SMILES string of the molecule is CNCc1cncc(N2CCCN(C)CC2)n1. The highest BCUT2D eigenvalue weighted by atomic mass is 15.2. The highest BCUT2D eigenvalue weighted by Crippen LogP contribution is 2.12. The van der Waals surface area contributed by atoms with E-state index < -0.39 is 0 Å². The fraction of sp³-hybridized carbons (Fsp3) is 0.667. The highest BCUT2D eigenvalue weighted by Gasteiger charge is 2.13. The largest absolute Gasteiger partial charge is 0.354 e. The van der Waals surface area contributed by atoms with Crippen molar-refractivity contribution in [1.82, 2.24) is 20.2 Å². The lowest BCUT2D eigenvalue weighted by atomic mass is 10.4. The quantitative estimate of drug-likeness (QED) is 0.818. The average Bonchev–Trinajstić information content (AvgIpc) is 2.55. The smallest absolute Gasteiger partial charge is 0.147 e. The van der Waals surface area contributed by atoms with Crippen molar-refractivity contribution in [2.24, 2.45) is 0 Å². The molecule has 94 valence electrons. The Morgan fingerprint density at radius 1 is 1.24 bits per heavy atom. The van der Waals surface area contributed by atoms with Gasteiger partial charge in [0.25, 0.3) is 0 Å². The van der Waals surface area contributed by atoms with E-state index in [0.717, 1.165) is 37.7 Å². The number of aromatic nitrogens is 2. The molecule has 1 fully saturated rings. The molecular formula is C12H21N5. The summed E-state index contributed by atoms with van der Waals surface area (Å²) in [5, 5.41) is 3.10. The molecule has 5 nitrogen and oxygen atoms in total. The molecule has 0 aliphatic carbocycles. The molecular weight excluding hydrogens is 214 g/mol. The molecule has 0 amide bonds. The molecule has 1 aliphatic rings. The summed E-state index contributed by atoms with van der Waals surface area (Å²) < 4.78 is 0. The second kappa shape index (κ2) is 5.93. The van der Waals surface area contributed by atoms with E-state index in [0.29, 0.717) is 0 Å². The van der Waals surface area contributed by atoms with Crippen LogP contribution < -0.4 is 10.2 Å². The first-order valence-electron chi connectivity index (χ1n) is 6.18. The summed E-state index contributed by atoms with van der Waals surface area (Å²) in [6, 6.07) is 0. The maximum absolute atomic E-state index is 4.64. The predicted octanol–water partition coefficient (Wildman–Crippen LogP) is 0.338. The Balaban J connectivity index is 2.07. The van der Waals surface area contributed by atoms with Crippen molar-refractivity contribution in [1.29, 1.82) is 0 Å². The monoisotopic (exact) mass is 235 g/mol. The number of nitrogens with one attached hydrogen (secondary N) is 1. The lowest BCUT2D eigenvalue weighted by Gasteiger charge is -2.21. The zero-order chi connectivity index (χ0) is 12.1. The van der Waals surface area contributed by atoms with Gasteiger partial charge in [-0.05, 0) is 27.1 Å². The second-order valence-electron chi connectivity index (χ2n) is 4.54. The van der Waals surface area contributed by atoms with E-state index in [-0.39, 0.29) is 0 Å². The minimum absolute atomic E-state index is 0.772. The van der Waals surface area contributed by atoms with Crippen LogP contribution in [-0.2, 0) is 6.54 Å². The van der Waals surface area contributed by atoms with Gasteiger partial charge >= 0.3 is 0 Å².